The van der Waals surface area contributed by atoms with E-state index in [1.165, 1.54) is 0 Å². The van der Waals surface area contributed by atoms with Crippen molar-refractivity contribution < 1.29 is 29.7 Å². The molecule has 0 saturated heterocycles. The largest absolute Gasteiger partial charge is 1.00 e. The first kappa shape index (κ1) is 24.0. The molecule has 0 aliphatic rings. The van der Waals surface area contributed by atoms with Crippen LogP contribution < -0.4 is 29.7 Å². The van der Waals surface area contributed by atoms with Gasteiger partial charge in [-0.05, 0) is 0 Å². The van der Waals surface area contributed by atoms with Crippen molar-refractivity contribution in [2.45, 2.75) is 0 Å². The maximum atomic E-state index is 3.25. The number of halogens is 1. The van der Waals surface area contributed by atoms with Gasteiger partial charge >= 0.3 is 0 Å². The first-order chi connectivity index (χ1) is 1.00. The quantitative estimate of drug-likeness (QED) is 0.309. The van der Waals surface area contributed by atoms with Gasteiger partial charge in [0.25, 0.3) is 0 Å². The van der Waals surface area contributed by atoms with E-state index in [0.717, 1.165) is 0 Å². The van der Waals surface area contributed by atoms with E-state index in [0.29, 0.717) is 0 Å². The van der Waals surface area contributed by atoms with Crippen LogP contribution in [0.1, 0.15) is 0 Å². The standard InChI is InChI=1S/CH5N.HI.K.Pb/c1-2;;;/h2H2,1H3;1H;;. The van der Waals surface area contributed by atoms with Crippen LogP contribution in [-0.2, 0) is 0 Å². The molecule has 0 rings (SSSR count). The summed E-state index contributed by atoms with van der Waals surface area (Å²) in [5.41, 5.74) is 3.25. The molecule has 0 unspecified atom stereocenters. The molecule has 5 radical (unpaired) electrons. The second-order valence-corrected chi connectivity index (χ2v) is 0. The first-order valence-electron chi connectivity index (χ1n) is 0.707. The van der Waals surface area contributed by atoms with E-state index in [4.69, 9.17) is 0 Å². The minimum Gasteiger partial charge on any atom is -1.00 e. The predicted octanol–water partition coefficient (Wildman–Crippen LogP) is -4.90. The van der Waals surface area contributed by atoms with Gasteiger partial charge in [0.1, 0.15) is 0 Å². The molecule has 0 saturated carbocycles. The third-order valence-electron chi connectivity index (χ3n) is 0. The van der Waals surface area contributed by atoms with Crippen LogP contribution in [0.3, 0.4) is 0 Å². The molecular formula is CH6IKNPb. The monoisotopic (exact) mass is 406 g/mol. The Bertz CT molecular complexity index is 11.6. The summed E-state index contributed by atoms with van der Waals surface area (Å²) in [7, 11) is 1.75. The van der Waals surface area contributed by atoms with Gasteiger partial charge in [-0.2, -0.15) is 0 Å². The van der Waals surface area contributed by atoms with Gasteiger partial charge < -0.3 is 29.7 Å². The average molecular weight is 405 g/mol. The number of rotatable bonds is 0. The third-order valence-corrected chi connectivity index (χ3v) is 0. The minimum absolute atomic E-state index is 0. The van der Waals surface area contributed by atoms with E-state index in [1.807, 2.05) is 0 Å². The Morgan fingerprint density at radius 3 is 1.20 bits per heavy atom. The second-order valence-electron chi connectivity index (χ2n) is 0. The van der Waals surface area contributed by atoms with E-state index in [-0.39, 0.29) is 103 Å². The molecule has 27 valence electrons. The molecule has 0 bridgehead atoms. The number of hydrogen-bond acceptors (Lipinski definition) is 0. The third kappa shape index (κ3) is 18.9. The van der Waals surface area contributed by atoms with Crippen LogP contribution in [0.15, 0.2) is 0 Å². The number of quaternary nitrogens is 1. The van der Waals surface area contributed by atoms with Crippen molar-refractivity contribution >= 4 is 78.7 Å². The van der Waals surface area contributed by atoms with Crippen molar-refractivity contribution in [2.75, 3.05) is 7.05 Å². The molecule has 0 aliphatic heterocycles. The summed E-state index contributed by atoms with van der Waals surface area (Å²) in [6, 6.07) is 0. The molecule has 4 heteroatoms. The molecule has 0 fully saturated rings. The van der Waals surface area contributed by atoms with Crippen molar-refractivity contribution in [3.05, 3.63) is 0 Å². The Labute approximate surface area is 112 Å². The van der Waals surface area contributed by atoms with Crippen molar-refractivity contribution in [3.8, 4) is 0 Å². The zero-order valence-electron chi connectivity index (χ0n) is 3.59. The van der Waals surface area contributed by atoms with Crippen LogP contribution in [0.5, 0.6) is 0 Å². The fourth-order valence-corrected chi connectivity index (χ4v) is 0. The van der Waals surface area contributed by atoms with Crippen molar-refractivity contribution in [2.24, 2.45) is 0 Å². The molecule has 0 aromatic carbocycles. The van der Waals surface area contributed by atoms with Crippen LogP contribution in [-0.4, -0.2) is 85.7 Å². The smallest absolute Gasteiger partial charge is 0.0634 e. The Hall–Kier alpha value is 3.25. The molecule has 3 N–H and O–H groups in total. The van der Waals surface area contributed by atoms with Crippen LogP contribution in [0.25, 0.3) is 0 Å². The summed E-state index contributed by atoms with van der Waals surface area (Å²) < 4.78 is 0. The zero-order valence-corrected chi connectivity index (χ0v) is 12.8. The fourth-order valence-electron chi connectivity index (χ4n) is 0. The van der Waals surface area contributed by atoms with E-state index < -0.39 is 0 Å². The normalized spacial score (nSPS) is 1.20. The Morgan fingerprint density at radius 1 is 1.20 bits per heavy atom. The van der Waals surface area contributed by atoms with Gasteiger partial charge in [0.2, 0.25) is 0 Å². The second kappa shape index (κ2) is 26.8. The average Bonchev–Trinajstić information content (AvgIpc) is 1.00. The predicted molar refractivity (Wildman–Crippen MR) is 20.3 cm³/mol. The molecule has 0 aromatic heterocycles. The molecule has 0 spiro atoms. The molecule has 0 heterocycles. The molecular weight excluding hydrogens is 399 g/mol. The van der Waals surface area contributed by atoms with Gasteiger partial charge in [-0.15, -0.1) is 0 Å². The van der Waals surface area contributed by atoms with Gasteiger partial charge in [-0.3, -0.25) is 0 Å². The topological polar surface area (TPSA) is 27.6 Å². The van der Waals surface area contributed by atoms with Crippen molar-refractivity contribution in [1.82, 2.24) is 0 Å². The Kier molecular flexibility index (Phi) is 129. The summed E-state index contributed by atoms with van der Waals surface area (Å²) in [5, 5.41) is 0. The summed E-state index contributed by atoms with van der Waals surface area (Å²) in [4.78, 5) is 0. The fraction of sp³-hybridized carbons (Fsp3) is 1.00. The van der Waals surface area contributed by atoms with Crippen LogP contribution >= 0.6 is 0 Å². The molecule has 1 nitrogen and oxygen atoms in total. The summed E-state index contributed by atoms with van der Waals surface area (Å²) >= 11 is 0. The van der Waals surface area contributed by atoms with Gasteiger partial charge in [0, 0.05) is 78.7 Å². The summed E-state index contributed by atoms with van der Waals surface area (Å²) in [6.45, 7) is 0. The maximum absolute atomic E-state index is 3.25. The molecule has 0 amide bonds. The molecule has 0 aromatic rings. The van der Waals surface area contributed by atoms with E-state index in [2.05, 4.69) is 5.73 Å². The Balaban J connectivity index is -0.00000000167. The van der Waals surface area contributed by atoms with E-state index >= 15 is 0 Å². The summed E-state index contributed by atoms with van der Waals surface area (Å²) in [6.07, 6.45) is 0. The number of hydrogen-bond donors (Lipinski definition) is 1. The maximum Gasteiger partial charge on any atom is 0.0634 e. The van der Waals surface area contributed by atoms with Crippen LogP contribution in [0.4, 0.5) is 0 Å². The molecule has 5 heavy (non-hydrogen) atoms. The SMILES string of the molecule is C[NH3+].[I-].[K].[Pb]. The Morgan fingerprint density at radius 2 is 1.20 bits per heavy atom. The zero-order chi connectivity index (χ0) is 2.00. The first-order valence-corrected chi connectivity index (χ1v) is 0.707. The van der Waals surface area contributed by atoms with Crippen LogP contribution in [0.2, 0.25) is 0 Å². The van der Waals surface area contributed by atoms with Crippen molar-refractivity contribution in [1.29, 1.82) is 0 Å². The molecule has 0 atom stereocenters. The van der Waals surface area contributed by atoms with Gasteiger partial charge in [0.05, 0.1) is 7.05 Å². The van der Waals surface area contributed by atoms with Crippen molar-refractivity contribution in [3.63, 3.8) is 0 Å². The van der Waals surface area contributed by atoms with Gasteiger partial charge in [-0.1, -0.05) is 0 Å². The van der Waals surface area contributed by atoms with Gasteiger partial charge in [0.15, 0.2) is 0 Å². The minimum atomic E-state index is 0. The van der Waals surface area contributed by atoms with Crippen LogP contribution in [0, 0.1) is 0 Å². The van der Waals surface area contributed by atoms with E-state index in [9.17, 15) is 0 Å². The van der Waals surface area contributed by atoms with E-state index in [1.54, 1.807) is 7.05 Å². The molecule has 0 aliphatic carbocycles. The van der Waals surface area contributed by atoms with Gasteiger partial charge in [-0.25, -0.2) is 0 Å². The summed E-state index contributed by atoms with van der Waals surface area (Å²) in [5.74, 6) is 0.